The minimum Gasteiger partial charge on any atom is -0.372 e. The van der Waals surface area contributed by atoms with Crippen LogP contribution in [0.25, 0.3) is 0 Å². The first-order valence-electron chi connectivity index (χ1n) is 18.4. The highest BCUT2D eigenvalue weighted by atomic mass is 35.5. The van der Waals surface area contributed by atoms with Crippen LogP contribution in [0.5, 0.6) is 0 Å². The fourth-order valence-corrected chi connectivity index (χ4v) is 9.00. The number of hydrogen-bond donors (Lipinski definition) is 1. The Balaban J connectivity index is 0.842. The van der Waals surface area contributed by atoms with Crippen molar-refractivity contribution >= 4 is 52.0 Å². The summed E-state index contributed by atoms with van der Waals surface area (Å²) in [5, 5.41) is 14.9. The van der Waals surface area contributed by atoms with Gasteiger partial charge < -0.3 is 24.9 Å². The number of piperidine rings is 3. The van der Waals surface area contributed by atoms with Gasteiger partial charge in [-0.2, -0.15) is 4.98 Å². The van der Waals surface area contributed by atoms with Crippen LogP contribution in [0.15, 0.2) is 48.9 Å². The molecule has 0 bridgehead atoms. The van der Waals surface area contributed by atoms with Gasteiger partial charge in [0.25, 0.3) is 5.69 Å². The number of nitrogens with one attached hydrogen (secondary N) is 1. The summed E-state index contributed by atoms with van der Waals surface area (Å²) >= 11 is 6.60. The molecule has 6 heterocycles. The summed E-state index contributed by atoms with van der Waals surface area (Å²) in [5.41, 5.74) is 2.42. The van der Waals surface area contributed by atoms with Crippen LogP contribution in [0.3, 0.4) is 0 Å². The summed E-state index contributed by atoms with van der Waals surface area (Å²) in [7, 11) is 0. The van der Waals surface area contributed by atoms with Gasteiger partial charge >= 0.3 is 0 Å². The van der Waals surface area contributed by atoms with E-state index in [1.54, 1.807) is 30.7 Å². The Bertz CT molecular complexity index is 1700. The number of likely N-dealkylation sites (tertiary alicyclic amines) is 1. The number of non-ortho nitro benzene ring substituents is 1. The van der Waals surface area contributed by atoms with Gasteiger partial charge in [-0.25, -0.2) is 4.98 Å². The molecule has 1 saturated carbocycles. The number of aromatic nitrogens is 3. The van der Waals surface area contributed by atoms with Gasteiger partial charge in [0.15, 0.2) is 5.82 Å². The Morgan fingerprint density at radius 1 is 0.880 bits per heavy atom. The molecule has 50 heavy (non-hydrogen) atoms. The first kappa shape index (κ1) is 33.1. The van der Waals surface area contributed by atoms with E-state index >= 15 is 0 Å². The molecule has 264 valence electrons. The summed E-state index contributed by atoms with van der Waals surface area (Å²) in [5.74, 6) is 3.68. The average Bonchev–Trinajstić information content (AvgIpc) is 3.95. The van der Waals surface area contributed by atoms with Gasteiger partial charge in [-0.3, -0.25) is 19.9 Å². The number of nitrogens with zero attached hydrogens (tertiary/aromatic N) is 8. The van der Waals surface area contributed by atoms with Crippen molar-refractivity contribution in [3.63, 3.8) is 0 Å². The minimum atomic E-state index is -0.353. The lowest BCUT2D eigenvalue weighted by molar-refractivity contribution is -0.384. The molecule has 0 radical (unpaired) electrons. The largest absolute Gasteiger partial charge is 0.372 e. The minimum absolute atomic E-state index is 0.129. The number of carbonyl (C=O) groups is 1. The molecule has 1 N–H and O–H groups in total. The second kappa shape index (κ2) is 13.9. The molecule has 1 spiro atoms. The van der Waals surface area contributed by atoms with Crippen LogP contribution in [-0.4, -0.2) is 83.0 Å². The number of halogens is 1. The molecule has 4 aliphatic heterocycles. The Labute approximate surface area is 298 Å². The van der Waals surface area contributed by atoms with Crippen molar-refractivity contribution in [3.8, 4) is 0 Å². The van der Waals surface area contributed by atoms with Crippen LogP contribution < -0.4 is 20.0 Å². The number of benzene rings is 1. The number of rotatable bonds is 9. The van der Waals surface area contributed by atoms with Gasteiger partial charge in [-0.1, -0.05) is 11.6 Å². The van der Waals surface area contributed by atoms with E-state index in [1.807, 2.05) is 23.1 Å². The smallest absolute Gasteiger partial charge is 0.269 e. The van der Waals surface area contributed by atoms with Crippen molar-refractivity contribution in [2.24, 2.45) is 23.2 Å². The van der Waals surface area contributed by atoms with Gasteiger partial charge in [0.05, 0.1) is 40.3 Å². The van der Waals surface area contributed by atoms with Gasteiger partial charge in [-0.05, 0) is 107 Å². The van der Waals surface area contributed by atoms with Gasteiger partial charge in [0.2, 0.25) is 11.9 Å². The van der Waals surface area contributed by atoms with Crippen LogP contribution in [-0.2, 0) is 4.79 Å². The van der Waals surface area contributed by atoms with E-state index in [9.17, 15) is 14.9 Å². The Morgan fingerprint density at radius 2 is 1.64 bits per heavy atom. The second-order valence-electron chi connectivity index (χ2n) is 15.1. The monoisotopic (exact) mass is 699 g/mol. The molecule has 5 aliphatic rings. The highest BCUT2D eigenvalue weighted by Gasteiger charge is 2.48. The average molecular weight is 700 g/mol. The molecule has 4 saturated heterocycles. The molecule has 1 aliphatic carbocycles. The quantitative estimate of drug-likeness (QED) is 0.195. The number of carbonyl (C=O) groups excluding carboxylic acids is 1. The lowest BCUT2D eigenvalue weighted by Gasteiger charge is -2.41. The summed E-state index contributed by atoms with van der Waals surface area (Å²) in [4.78, 5) is 47.5. The van der Waals surface area contributed by atoms with Crippen molar-refractivity contribution in [1.29, 1.82) is 0 Å². The highest BCUT2D eigenvalue weighted by molar-refractivity contribution is 6.32. The Hall–Kier alpha value is -4.03. The molecule has 8 rings (SSSR count). The number of anilines is 5. The van der Waals surface area contributed by atoms with E-state index in [-0.39, 0.29) is 21.9 Å². The molecule has 1 aromatic carbocycles. The molecule has 1 amide bonds. The molecule has 2 aromatic heterocycles. The number of pyridine rings is 1. The third-order valence-electron chi connectivity index (χ3n) is 11.9. The molecule has 5 fully saturated rings. The van der Waals surface area contributed by atoms with Crippen molar-refractivity contribution in [3.05, 3.63) is 64.1 Å². The molecule has 1 atom stereocenters. The van der Waals surface area contributed by atoms with Gasteiger partial charge in [0, 0.05) is 57.1 Å². The van der Waals surface area contributed by atoms with E-state index in [0.717, 1.165) is 119 Å². The van der Waals surface area contributed by atoms with Crippen molar-refractivity contribution in [1.82, 2.24) is 19.9 Å². The maximum absolute atomic E-state index is 14.0. The standard InChI is InChI=1S/C37H46ClN9O3/c38-33-23-40-36(42-34(33)45-14-1-2-28(25-45)27-3-4-27)41-29-20-32(22-39-21-29)46-19-13-37(35(46)48)11-17-43(18-12-37)24-26-9-15-44(16-10-26)30-5-7-31(8-6-30)47(49)50/h5-8,20-23,26-28H,1-4,9-19,24-25H2,(H,40,41,42). The maximum atomic E-state index is 14.0. The zero-order valence-corrected chi connectivity index (χ0v) is 29.3. The summed E-state index contributed by atoms with van der Waals surface area (Å²) in [6.45, 7) is 7.52. The fourth-order valence-electron chi connectivity index (χ4n) is 8.79. The van der Waals surface area contributed by atoms with Gasteiger partial charge in [-0.15, -0.1) is 0 Å². The predicted molar refractivity (Wildman–Crippen MR) is 195 cm³/mol. The SMILES string of the molecule is O=C1N(c2cncc(Nc3ncc(Cl)c(N4CCCC(C5CC5)C4)n3)c2)CCC12CCN(CC1CCN(c3ccc([N+](=O)[O-])cc3)CC1)CC2. The lowest BCUT2D eigenvalue weighted by Crippen LogP contribution is -2.47. The van der Waals surface area contributed by atoms with Crippen molar-refractivity contribution in [2.45, 2.75) is 57.8 Å². The number of hydrogen-bond acceptors (Lipinski definition) is 10. The Morgan fingerprint density at radius 3 is 2.38 bits per heavy atom. The van der Waals surface area contributed by atoms with E-state index in [0.29, 0.717) is 23.4 Å². The summed E-state index contributed by atoms with van der Waals surface area (Å²) in [6.07, 6.45) is 15.2. The first-order valence-corrected chi connectivity index (χ1v) is 18.7. The number of nitro benzene ring substituents is 1. The van der Waals surface area contributed by atoms with Crippen LogP contribution >= 0.6 is 11.6 Å². The zero-order chi connectivity index (χ0) is 34.2. The number of nitro groups is 1. The zero-order valence-electron chi connectivity index (χ0n) is 28.6. The van der Waals surface area contributed by atoms with Crippen molar-refractivity contribution in [2.75, 3.05) is 72.4 Å². The molecular formula is C37H46ClN9O3. The summed E-state index contributed by atoms with van der Waals surface area (Å²) < 4.78 is 0. The first-order chi connectivity index (χ1) is 24.3. The van der Waals surface area contributed by atoms with Crippen LogP contribution in [0.4, 0.5) is 34.5 Å². The second-order valence-corrected chi connectivity index (χ2v) is 15.5. The van der Waals surface area contributed by atoms with Crippen LogP contribution in [0.1, 0.15) is 57.8 Å². The third-order valence-corrected chi connectivity index (χ3v) is 12.2. The van der Waals surface area contributed by atoms with E-state index < -0.39 is 0 Å². The third kappa shape index (κ3) is 6.96. The molecule has 1 unspecified atom stereocenters. The van der Waals surface area contributed by atoms with E-state index in [4.69, 9.17) is 16.6 Å². The Kier molecular flexibility index (Phi) is 9.24. The lowest BCUT2D eigenvalue weighted by atomic mass is 9.77. The predicted octanol–water partition coefficient (Wildman–Crippen LogP) is 6.54. The maximum Gasteiger partial charge on any atom is 0.269 e. The van der Waals surface area contributed by atoms with Crippen LogP contribution in [0, 0.1) is 33.3 Å². The van der Waals surface area contributed by atoms with Crippen molar-refractivity contribution < 1.29 is 9.72 Å². The fraction of sp³-hybridized carbons (Fsp3) is 0.568. The van der Waals surface area contributed by atoms with E-state index in [1.165, 1.54) is 19.3 Å². The highest BCUT2D eigenvalue weighted by Crippen LogP contribution is 2.44. The molecule has 3 aromatic rings. The molecule has 12 nitrogen and oxygen atoms in total. The topological polar surface area (TPSA) is 124 Å². The van der Waals surface area contributed by atoms with E-state index in [2.05, 4.69) is 30.0 Å². The number of amides is 1. The normalized spacial score (nSPS) is 23.1. The molecular weight excluding hydrogens is 654 g/mol. The summed E-state index contributed by atoms with van der Waals surface area (Å²) in [6, 6.07) is 8.87. The van der Waals surface area contributed by atoms with Gasteiger partial charge in [0.1, 0.15) is 5.02 Å². The molecule has 13 heteroatoms. The van der Waals surface area contributed by atoms with Crippen LogP contribution in [0.2, 0.25) is 5.02 Å².